The number of hydrogen-bond donors (Lipinski definition) is 0. The summed E-state index contributed by atoms with van der Waals surface area (Å²) in [5.41, 5.74) is -0.336. The van der Waals surface area contributed by atoms with E-state index in [1.807, 2.05) is 49.6 Å². The van der Waals surface area contributed by atoms with Crippen LogP contribution in [0.15, 0.2) is 0 Å². The standard InChI is InChI=1S/C14H27N3O2/c1-14(2,3)13(19)17-10-8-16(9-11-17)12(18)6-7-15(4)5/h6-11H2,1-5H3. The zero-order valence-corrected chi connectivity index (χ0v) is 12.9. The first-order chi connectivity index (χ1) is 8.71. The zero-order valence-electron chi connectivity index (χ0n) is 12.9. The van der Waals surface area contributed by atoms with Crippen molar-refractivity contribution in [1.82, 2.24) is 14.7 Å². The molecule has 0 unspecified atom stereocenters. The van der Waals surface area contributed by atoms with E-state index >= 15 is 0 Å². The second-order valence-electron chi connectivity index (χ2n) is 6.48. The summed E-state index contributed by atoms with van der Waals surface area (Å²) in [5, 5.41) is 0. The van der Waals surface area contributed by atoms with E-state index in [-0.39, 0.29) is 17.2 Å². The number of nitrogens with zero attached hydrogens (tertiary/aromatic N) is 3. The van der Waals surface area contributed by atoms with Crippen molar-refractivity contribution in [2.45, 2.75) is 27.2 Å². The van der Waals surface area contributed by atoms with Gasteiger partial charge in [0.15, 0.2) is 0 Å². The van der Waals surface area contributed by atoms with E-state index in [0.717, 1.165) is 6.54 Å². The Balaban J connectivity index is 2.41. The summed E-state index contributed by atoms with van der Waals surface area (Å²) < 4.78 is 0. The molecule has 1 aliphatic rings. The first-order valence-corrected chi connectivity index (χ1v) is 6.93. The number of rotatable bonds is 3. The van der Waals surface area contributed by atoms with Crippen LogP contribution in [0.1, 0.15) is 27.2 Å². The number of piperazine rings is 1. The number of carbonyl (C=O) groups excluding carboxylic acids is 2. The van der Waals surface area contributed by atoms with Crippen molar-refractivity contribution in [3.05, 3.63) is 0 Å². The van der Waals surface area contributed by atoms with Gasteiger partial charge < -0.3 is 14.7 Å². The summed E-state index contributed by atoms with van der Waals surface area (Å²) in [6.07, 6.45) is 0.556. The van der Waals surface area contributed by atoms with Gasteiger partial charge in [0.2, 0.25) is 11.8 Å². The molecule has 0 aromatic carbocycles. The highest BCUT2D eigenvalue weighted by molar-refractivity contribution is 5.82. The Morgan fingerprint density at radius 3 is 1.89 bits per heavy atom. The highest BCUT2D eigenvalue weighted by Crippen LogP contribution is 2.18. The van der Waals surface area contributed by atoms with Gasteiger partial charge in [-0.1, -0.05) is 20.8 Å². The first-order valence-electron chi connectivity index (χ1n) is 6.93. The van der Waals surface area contributed by atoms with Crippen LogP contribution in [0.5, 0.6) is 0 Å². The van der Waals surface area contributed by atoms with Gasteiger partial charge in [-0.25, -0.2) is 0 Å². The Bertz CT molecular complexity index is 326. The quantitative estimate of drug-likeness (QED) is 0.756. The molecular weight excluding hydrogens is 242 g/mol. The van der Waals surface area contributed by atoms with E-state index in [0.29, 0.717) is 32.6 Å². The van der Waals surface area contributed by atoms with Gasteiger partial charge in [-0.2, -0.15) is 0 Å². The van der Waals surface area contributed by atoms with E-state index in [1.165, 1.54) is 0 Å². The molecule has 110 valence electrons. The molecule has 0 spiro atoms. The maximum Gasteiger partial charge on any atom is 0.228 e. The highest BCUT2D eigenvalue weighted by atomic mass is 16.2. The van der Waals surface area contributed by atoms with Crippen LogP contribution < -0.4 is 0 Å². The molecule has 0 aromatic rings. The monoisotopic (exact) mass is 269 g/mol. The van der Waals surface area contributed by atoms with Gasteiger partial charge in [-0.15, -0.1) is 0 Å². The Morgan fingerprint density at radius 1 is 1.00 bits per heavy atom. The molecule has 1 rings (SSSR count). The van der Waals surface area contributed by atoms with Crippen molar-refractivity contribution < 1.29 is 9.59 Å². The van der Waals surface area contributed by atoms with Crippen LogP contribution in [0.2, 0.25) is 0 Å². The highest BCUT2D eigenvalue weighted by Gasteiger charge is 2.30. The average molecular weight is 269 g/mol. The fourth-order valence-corrected chi connectivity index (χ4v) is 2.11. The molecule has 19 heavy (non-hydrogen) atoms. The van der Waals surface area contributed by atoms with Gasteiger partial charge in [0.05, 0.1) is 0 Å². The summed E-state index contributed by atoms with van der Waals surface area (Å²) in [7, 11) is 3.93. The summed E-state index contributed by atoms with van der Waals surface area (Å²) in [4.78, 5) is 29.9. The van der Waals surface area contributed by atoms with E-state index in [2.05, 4.69) is 0 Å². The fraction of sp³-hybridized carbons (Fsp3) is 0.857. The lowest BCUT2D eigenvalue weighted by Crippen LogP contribution is -2.53. The fourth-order valence-electron chi connectivity index (χ4n) is 2.11. The second-order valence-corrected chi connectivity index (χ2v) is 6.48. The summed E-state index contributed by atoms with van der Waals surface area (Å²) in [6, 6.07) is 0. The Hall–Kier alpha value is -1.10. The summed E-state index contributed by atoms with van der Waals surface area (Å²) in [5.74, 6) is 0.365. The molecule has 0 atom stereocenters. The SMILES string of the molecule is CN(C)CCC(=O)N1CCN(C(=O)C(C)(C)C)CC1. The molecule has 1 aliphatic heterocycles. The molecule has 5 nitrogen and oxygen atoms in total. The molecular formula is C14H27N3O2. The molecule has 0 aliphatic carbocycles. The van der Waals surface area contributed by atoms with Crippen molar-refractivity contribution >= 4 is 11.8 Å². The lowest BCUT2D eigenvalue weighted by molar-refractivity contribution is -0.145. The molecule has 0 saturated carbocycles. The lowest BCUT2D eigenvalue weighted by atomic mass is 9.94. The van der Waals surface area contributed by atoms with Crippen LogP contribution in [0, 0.1) is 5.41 Å². The second kappa shape index (κ2) is 6.37. The number of carbonyl (C=O) groups is 2. The maximum atomic E-state index is 12.1. The van der Waals surface area contributed by atoms with E-state index in [1.54, 1.807) is 0 Å². The Kier molecular flexibility index (Phi) is 5.35. The van der Waals surface area contributed by atoms with Gasteiger partial charge in [0, 0.05) is 44.6 Å². The van der Waals surface area contributed by atoms with E-state index in [4.69, 9.17) is 0 Å². The molecule has 0 radical (unpaired) electrons. The number of hydrogen-bond acceptors (Lipinski definition) is 3. The molecule has 0 aromatic heterocycles. The number of amides is 2. The van der Waals surface area contributed by atoms with Crippen molar-refractivity contribution in [2.75, 3.05) is 46.8 Å². The van der Waals surface area contributed by atoms with Gasteiger partial charge in [0.1, 0.15) is 0 Å². The smallest absolute Gasteiger partial charge is 0.228 e. The predicted octanol–water partition coefficient (Wildman–Crippen LogP) is 0.655. The van der Waals surface area contributed by atoms with Crippen molar-refractivity contribution in [1.29, 1.82) is 0 Å². The van der Waals surface area contributed by atoms with Crippen LogP contribution in [-0.2, 0) is 9.59 Å². The van der Waals surface area contributed by atoms with Gasteiger partial charge in [-0.05, 0) is 14.1 Å². The summed E-state index contributed by atoms with van der Waals surface area (Å²) >= 11 is 0. The van der Waals surface area contributed by atoms with E-state index in [9.17, 15) is 9.59 Å². The molecule has 0 N–H and O–H groups in total. The van der Waals surface area contributed by atoms with Crippen LogP contribution in [0.4, 0.5) is 0 Å². The third-order valence-electron chi connectivity index (χ3n) is 3.33. The maximum absolute atomic E-state index is 12.1. The minimum absolute atomic E-state index is 0.174. The average Bonchev–Trinajstić information content (AvgIpc) is 2.34. The first kappa shape index (κ1) is 16.0. The van der Waals surface area contributed by atoms with Crippen LogP contribution in [0.25, 0.3) is 0 Å². The van der Waals surface area contributed by atoms with Gasteiger partial charge >= 0.3 is 0 Å². The minimum atomic E-state index is -0.336. The molecule has 1 fully saturated rings. The third-order valence-corrected chi connectivity index (χ3v) is 3.33. The topological polar surface area (TPSA) is 43.9 Å². The van der Waals surface area contributed by atoms with Crippen molar-refractivity contribution in [2.24, 2.45) is 5.41 Å². The largest absolute Gasteiger partial charge is 0.339 e. The molecule has 0 bridgehead atoms. The molecule has 5 heteroatoms. The van der Waals surface area contributed by atoms with Gasteiger partial charge in [-0.3, -0.25) is 9.59 Å². The predicted molar refractivity (Wildman–Crippen MR) is 75.8 cm³/mol. The molecule has 1 saturated heterocycles. The Morgan fingerprint density at radius 2 is 1.47 bits per heavy atom. The molecule has 2 amide bonds. The normalized spacial score (nSPS) is 16.9. The van der Waals surface area contributed by atoms with Crippen molar-refractivity contribution in [3.63, 3.8) is 0 Å². The lowest BCUT2D eigenvalue weighted by Gasteiger charge is -2.37. The minimum Gasteiger partial charge on any atom is -0.339 e. The van der Waals surface area contributed by atoms with Gasteiger partial charge in [0.25, 0.3) is 0 Å². The molecule has 1 heterocycles. The van der Waals surface area contributed by atoms with Crippen LogP contribution >= 0.6 is 0 Å². The third kappa shape index (κ3) is 4.82. The van der Waals surface area contributed by atoms with Crippen molar-refractivity contribution in [3.8, 4) is 0 Å². The van der Waals surface area contributed by atoms with Crippen LogP contribution in [0.3, 0.4) is 0 Å². The Labute approximate surface area is 116 Å². The zero-order chi connectivity index (χ0) is 14.6. The summed E-state index contributed by atoms with van der Waals surface area (Å²) in [6.45, 7) is 9.22. The van der Waals surface area contributed by atoms with Crippen LogP contribution in [-0.4, -0.2) is 73.3 Å². The van der Waals surface area contributed by atoms with E-state index < -0.39 is 0 Å².